The van der Waals surface area contributed by atoms with Crippen LogP contribution in [0.2, 0.25) is 0 Å². The van der Waals surface area contributed by atoms with E-state index in [0.717, 1.165) is 21.8 Å². The van der Waals surface area contributed by atoms with Crippen LogP contribution < -0.4 is 5.32 Å². The fourth-order valence-corrected chi connectivity index (χ4v) is 4.76. The molecule has 3 amide bonds. The highest BCUT2D eigenvalue weighted by Crippen LogP contribution is 2.36. The minimum atomic E-state index is -0.786. The topological polar surface area (TPSA) is 79.4 Å². The number of nitrogens with zero attached hydrogens (tertiary/aromatic N) is 2. The summed E-state index contributed by atoms with van der Waals surface area (Å²) in [7, 11) is 0. The lowest BCUT2D eigenvalue weighted by Gasteiger charge is -2.22. The van der Waals surface area contributed by atoms with Crippen molar-refractivity contribution in [1.82, 2.24) is 15.2 Å². The summed E-state index contributed by atoms with van der Waals surface area (Å²) in [5, 5.41) is 5.95. The zero-order valence-corrected chi connectivity index (χ0v) is 17.9. The molecule has 1 fully saturated rings. The van der Waals surface area contributed by atoms with Crippen molar-refractivity contribution < 1.29 is 14.4 Å². The number of aromatic nitrogens is 1. The number of hydrogen-bond acceptors (Lipinski definition) is 5. The Balaban J connectivity index is 1.30. The van der Waals surface area contributed by atoms with Crippen LogP contribution in [0.3, 0.4) is 0 Å². The van der Waals surface area contributed by atoms with Gasteiger partial charge < -0.3 is 5.32 Å². The number of hydrogen-bond donors (Lipinski definition) is 1. The molecular formula is C23H25N3O3S. The van der Waals surface area contributed by atoms with E-state index in [9.17, 15) is 14.4 Å². The van der Waals surface area contributed by atoms with Crippen molar-refractivity contribution in [1.29, 1.82) is 0 Å². The van der Waals surface area contributed by atoms with Gasteiger partial charge in [-0.1, -0.05) is 36.4 Å². The average molecular weight is 424 g/mol. The Morgan fingerprint density at radius 1 is 1.17 bits per heavy atom. The number of carbonyl (C=O) groups is 3. The number of nitrogens with one attached hydrogen (secondary N) is 1. The van der Waals surface area contributed by atoms with E-state index < -0.39 is 6.04 Å². The molecule has 1 aromatic heterocycles. The second-order valence-electron chi connectivity index (χ2n) is 7.87. The fourth-order valence-electron chi connectivity index (χ4n) is 4.14. The van der Waals surface area contributed by atoms with E-state index in [2.05, 4.69) is 10.3 Å². The summed E-state index contributed by atoms with van der Waals surface area (Å²) in [6.07, 6.45) is 5.72. The number of fused-ring (bicyclic) bond motifs is 1. The Hall–Kier alpha value is -2.80. The van der Waals surface area contributed by atoms with Gasteiger partial charge >= 0.3 is 0 Å². The first kappa shape index (κ1) is 20.5. The van der Waals surface area contributed by atoms with Crippen LogP contribution in [0.25, 0.3) is 11.3 Å². The van der Waals surface area contributed by atoms with Crippen LogP contribution in [0.1, 0.15) is 30.3 Å². The molecule has 7 heteroatoms. The molecule has 1 saturated heterocycles. The summed E-state index contributed by atoms with van der Waals surface area (Å²) in [4.78, 5) is 43.5. The number of rotatable bonds is 6. The van der Waals surface area contributed by atoms with Crippen molar-refractivity contribution in [3.8, 4) is 11.3 Å². The number of aryl methyl sites for hydroxylation is 1. The molecule has 2 aliphatic rings. The molecular weight excluding hydrogens is 398 g/mol. The van der Waals surface area contributed by atoms with Gasteiger partial charge in [-0.25, -0.2) is 4.98 Å². The zero-order valence-electron chi connectivity index (χ0n) is 17.1. The van der Waals surface area contributed by atoms with Gasteiger partial charge in [0.15, 0.2) is 0 Å². The molecule has 0 bridgehead atoms. The average Bonchev–Trinajstić information content (AvgIpc) is 3.30. The number of carbonyl (C=O) groups excluding carboxylic acids is 3. The lowest BCUT2D eigenvalue weighted by molar-refractivity contribution is -0.147. The molecule has 1 aliphatic carbocycles. The minimum Gasteiger partial charge on any atom is -0.354 e. The Morgan fingerprint density at radius 2 is 1.80 bits per heavy atom. The number of benzene rings is 1. The summed E-state index contributed by atoms with van der Waals surface area (Å²) < 4.78 is 0. The minimum absolute atomic E-state index is 0.218. The summed E-state index contributed by atoms with van der Waals surface area (Å²) in [5.41, 5.74) is 3.15. The van der Waals surface area contributed by atoms with Crippen LogP contribution in [0.15, 0.2) is 41.8 Å². The zero-order chi connectivity index (χ0) is 21.3. The third kappa shape index (κ3) is 3.94. The molecule has 0 spiro atoms. The molecule has 1 aliphatic heterocycles. The lowest BCUT2D eigenvalue weighted by atomic mass is 9.85. The number of thiazole rings is 1. The van der Waals surface area contributed by atoms with Crippen molar-refractivity contribution in [3.05, 3.63) is 52.4 Å². The molecule has 2 heterocycles. The van der Waals surface area contributed by atoms with Gasteiger partial charge in [0, 0.05) is 17.5 Å². The highest BCUT2D eigenvalue weighted by molar-refractivity contribution is 7.09. The normalized spacial score (nSPS) is 21.6. The van der Waals surface area contributed by atoms with Crippen molar-refractivity contribution in [2.75, 3.05) is 6.54 Å². The standard InChI is InChI=1S/C23H25N3O3S/c1-14(26-22(28)18-5-3-4-6-19(18)23(26)29)21(27)24-12-11-16-7-9-17(10-8-16)20-13-30-15(2)25-20/h3-4,7-10,13-14,18-19H,5-6,11-12H2,1-2H3,(H,24,27)/t14-,18+,19+/m0/s1. The Kier molecular flexibility index (Phi) is 5.81. The van der Waals surface area contributed by atoms with E-state index in [4.69, 9.17) is 0 Å². The predicted octanol–water partition coefficient (Wildman–Crippen LogP) is 3.12. The molecule has 0 radical (unpaired) electrons. The van der Waals surface area contributed by atoms with Crippen molar-refractivity contribution in [3.63, 3.8) is 0 Å². The smallest absolute Gasteiger partial charge is 0.243 e. The van der Waals surface area contributed by atoms with Crippen LogP contribution >= 0.6 is 11.3 Å². The fraction of sp³-hybridized carbons (Fsp3) is 0.391. The van der Waals surface area contributed by atoms with Gasteiger partial charge in [0.2, 0.25) is 17.7 Å². The predicted molar refractivity (Wildman–Crippen MR) is 116 cm³/mol. The van der Waals surface area contributed by atoms with E-state index in [-0.39, 0.29) is 29.6 Å². The van der Waals surface area contributed by atoms with E-state index in [1.807, 2.05) is 48.7 Å². The highest BCUT2D eigenvalue weighted by Gasteiger charge is 2.49. The van der Waals surface area contributed by atoms with E-state index in [1.54, 1.807) is 18.3 Å². The molecule has 6 nitrogen and oxygen atoms in total. The van der Waals surface area contributed by atoms with E-state index in [0.29, 0.717) is 25.8 Å². The van der Waals surface area contributed by atoms with Gasteiger partial charge in [-0.2, -0.15) is 0 Å². The van der Waals surface area contributed by atoms with Gasteiger partial charge in [-0.05, 0) is 38.7 Å². The maximum atomic E-state index is 12.6. The molecule has 1 aromatic carbocycles. The molecule has 156 valence electrons. The molecule has 30 heavy (non-hydrogen) atoms. The Bertz CT molecular complexity index is 969. The summed E-state index contributed by atoms with van der Waals surface area (Å²) in [6, 6.07) is 7.35. The van der Waals surface area contributed by atoms with E-state index >= 15 is 0 Å². The first-order valence-corrected chi connectivity index (χ1v) is 11.1. The largest absolute Gasteiger partial charge is 0.354 e. The second kappa shape index (κ2) is 8.52. The molecule has 1 N–H and O–H groups in total. The maximum Gasteiger partial charge on any atom is 0.243 e. The molecule has 0 unspecified atom stereocenters. The lowest BCUT2D eigenvalue weighted by Crippen LogP contribution is -2.48. The SMILES string of the molecule is Cc1nc(-c2ccc(CCNC(=O)[C@H](C)N3C(=O)[C@@H]4CC=CC[C@H]4C3=O)cc2)cs1. The molecule has 4 rings (SSSR count). The van der Waals surface area contributed by atoms with Crippen LogP contribution in [0.4, 0.5) is 0 Å². The summed E-state index contributed by atoms with van der Waals surface area (Å²) in [6.45, 7) is 4.06. The van der Waals surface area contributed by atoms with Gasteiger partial charge in [-0.15, -0.1) is 11.3 Å². The first-order valence-electron chi connectivity index (χ1n) is 10.3. The third-order valence-electron chi connectivity index (χ3n) is 5.89. The van der Waals surface area contributed by atoms with Gasteiger partial charge in [-0.3, -0.25) is 19.3 Å². The van der Waals surface area contributed by atoms with Gasteiger partial charge in [0.05, 0.1) is 22.5 Å². The first-order chi connectivity index (χ1) is 14.5. The quantitative estimate of drug-likeness (QED) is 0.572. The number of amides is 3. The van der Waals surface area contributed by atoms with Crippen LogP contribution in [-0.4, -0.2) is 40.2 Å². The molecule has 0 saturated carbocycles. The number of imide groups is 1. The molecule has 3 atom stereocenters. The van der Waals surface area contributed by atoms with Crippen LogP contribution in [-0.2, 0) is 20.8 Å². The van der Waals surface area contributed by atoms with E-state index in [1.165, 1.54) is 4.90 Å². The maximum absolute atomic E-state index is 12.6. The van der Waals surface area contributed by atoms with Crippen LogP contribution in [0.5, 0.6) is 0 Å². The van der Waals surface area contributed by atoms with Gasteiger partial charge in [0.25, 0.3) is 0 Å². The summed E-state index contributed by atoms with van der Waals surface area (Å²) >= 11 is 1.63. The van der Waals surface area contributed by atoms with Crippen molar-refractivity contribution in [2.45, 2.75) is 39.2 Å². The van der Waals surface area contributed by atoms with Crippen molar-refractivity contribution >= 4 is 29.1 Å². The summed E-state index contributed by atoms with van der Waals surface area (Å²) in [5.74, 6) is -1.34. The Morgan fingerprint density at radius 3 is 2.37 bits per heavy atom. The van der Waals surface area contributed by atoms with Crippen molar-refractivity contribution in [2.24, 2.45) is 11.8 Å². The van der Waals surface area contributed by atoms with Gasteiger partial charge in [0.1, 0.15) is 6.04 Å². The number of likely N-dealkylation sites (tertiary alicyclic amines) is 1. The van der Waals surface area contributed by atoms with Crippen LogP contribution in [0, 0.1) is 18.8 Å². The highest BCUT2D eigenvalue weighted by atomic mass is 32.1. The third-order valence-corrected chi connectivity index (χ3v) is 6.66. The monoisotopic (exact) mass is 423 g/mol. The Labute approximate surface area is 180 Å². The molecule has 2 aromatic rings. The second-order valence-corrected chi connectivity index (χ2v) is 8.93. The number of allylic oxidation sites excluding steroid dienone is 2.